The number of benzene rings is 2. The molecular formula is C21H19NO4. The summed E-state index contributed by atoms with van der Waals surface area (Å²) in [6, 6.07) is 17.7. The minimum atomic E-state index is -0.772. The largest absolute Gasteiger partial charge is 0.502 e. The molecule has 0 amide bonds. The molecule has 0 unspecified atom stereocenters. The van der Waals surface area contributed by atoms with Gasteiger partial charge >= 0.3 is 5.97 Å². The normalized spacial score (nSPS) is 11.3. The summed E-state index contributed by atoms with van der Waals surface area (Å²) in [6.45, 7) is 2.30. The molecule has 3 aromatic rings. The van der Waals surface area contributed by atoms with Gasteiger partial charge in [0.05, 0.1) is 18.5 Å². The van der Waals surface area contributed by atoms with Gasteiger partial charge in [0.15, 0.2) is 0 Å². The molecule has 1 heterocycles. The summed E-state index contributed by atoms with van der Waals surface area (Å²) in [6.07, 6.45) is 2.80. The maximum absolute atomic E-state index is 11.4. The number of aliphatic hydroxyl groups is 1. The van der Waals surface area contributed by atoms with Crippen molar-refractivity contribution in [3.63, 3.8) is 0 Å². The van der Waals surface area contributed by atoms with Gasteiger partial charge in [-0.15, -0.1) is 0 Å². The summed E-state index contributed by atoms with van der Waals surface area (Å²) in [5.41, 5.74) is 1.50. The number of aliphatic hydroxyl groups excluding tert-OH is 1. The summed E-state index contributed by atoms with van der Waals surface area (Å²) < 4.78 is 10.5. The van der Waals surface area contributed by atoms with E-state index in [2.05, 4.69) is 29.2 Å². The van der Waals surface area contributed by atoms with E-state index in [9.17, 15) is 9.90 Å². The molecule has 0 bridgehead atoms. The Morgan fingerprint density at radius 2 is 1.92 bits per heavy atom. The van der Waals surface area contributed by atoms with E-state index in [1.54, 1.807) is 25.3 Å². The van der Waals surface area contributed by atoms with E-state index in [-0.39, 0.29) is 6.61 Å². The zero-order chi connectivity index (χ0) is 18.4. The fourth-order valence-electron chi connectivity index (χ4n) is 2.46. The smallest absolute Gasteiger partial charge is 0.373 e. The van der Waals surface area contributed by atoms with Crippen LogP contribution < -0.4 is 4.74 Å². The third-order valence-corrected chi connectivity index (χ3v) is 3.75. The van der Waals surface area contributed by atoms with E-state index in [0.29, 0.717) is 18.1 Å². The van der Waals surface area contributed by atoms with Crippen molar-refractivity contribution in [3.05, 3.63) is 77.8 Å². The lowest BCUT2D eigenvalue weighted by molar-refractivity contribution is -0.141. The van der Waals surface area contributed by atoms with Crippen molar-refractivity contribution in [1.29, 1.82) is 0 Å². The maximum Gasteiger partial charge on any atom is 0.373 e. The van der Waals surface area contributed by atoms with Gasteiger partial charge in [-0.3, -0.25) is 4.98 Å². The van der Waals surface area contributed by atoms with Crippen molar-refractivity contribution in [2.75, 3.05) is 6.61 Å². The van der Waals surface area contributed by atoms with Gasteiger partial charge in [-0.05, 0) is 41.5 Å². The van der Waals surface area contributed by atoms with Crippen LogP contribution in [-0.4, -0.2) is 22.7 Å². The van der Waals surface area contributed by atoms with Crippen LogP contribution in [0.2, 0.25) is 0 Å². The highest BCUT2D eigenvalue weighted by atomic mass is 16.5. The molecular weight excluding hydrogens is 330 g/mol. The average Bonchev–Trinajstić information content (AvgIpc) is 2.67. The van der Waals surface area contributed by atoms with Crippen molar-refractivity contribution >= 4 is 22.8 Å². The number of nitrogens with zero attached hydrogens (tertiary/aromatic N) is 1. The van der Waals surface area contributed by atoms with Crippen LogP contribution in [0.5, 0.6) is 5.75 Å². The number of rotatable bonds is 6. The highest BCUT2D eigenvalue weighted by molar-refractivity contribution is 5.90. The fraction of sp³-hybridized carbons (Fsp3) is 0.143. The third kappa shape index (κ3) is 4.39. The molecule has 1 N–H and O–H groups in total. The second kappa shape index (κ2) is 8.16. The van der Waals surface area contributed by atoms with Gasteiger partial charge in [0.2, 0.25) is 5.76 Å². The fourth-order valence-corrected chi connectivity index (χ4v) is 2.46. The average molecular weight is 349 g/mol. The number of hydrogen-bond donors (Lipinski definition) is 1. The molecule has 2 aromatic carbocycles. The predicted octanol–water partition coefficient (Wildman–Crippen LogP) is 4.28. The Bertz CT molecular complexity index is 932. The van der Waals surface area contributed by atoms with Crippen molar-refractivity contribution in [3.8, 4) is 5.75 Å². The molecule has 5 heteroatoms. The van der Waals surface area contributed by atoms with Crippen LogP contribution in [0.25, 0.3) is 16.8 Å². The molecule has 0 spiro atoms. The number of carbonyl (C=O) groups excluding carboxylic acids is 1. The molecule has 1 aromatic heterocycles. The van der Waals surface area contributed by atoms with E-state index in [0.717, 1.165) is 5.56 Å². The van der Waals surface area contributed by atoms with Crippen LogP contribution in [0.4, 0.5) is 0 Å². The van der Waals surface area contributed by atoms with E-state index in [1.165, 1.54) is 16.8 Å². The summed E-state index contributed by atoms with van der Waals surface area (Å²) in [7, 11) is 0. The Labute approximate surface area is 151 Å². The van der Waals surface area contributed by atoms with E-state index in [4.69, 9.17) is 9.47 Å². The van der Waals surface area contributed by atoms with Crippen molar-refractivity contribution in [2.45, 2.75) is 13.5 Å². The highest BCUT2D eigenvalue weighted by Gasteiger charge is 2.08. The molecule has 26 heavy (non-hydrogen) atoms. The van der Waals surface area contributed by atoms with E-state index in [1.807, 2.05) is 18.2 Å². The predicted molar refractivity (Wildman–Crippen MR) is 99.8 cm³/mol. The molecule has 0 saturated carbocycles. The Morgan fingerprint density at radius 1 is 1.12 bits per heavy atom. The number of hydrogen-bond acceptors (Lipinski definition) is 5. The molecule has 0 aliphatic heterocycles. The zero-order valence-electron chi connectivity index (χ0n) is 14.4. The molecule has 0 fully saturated rings. The first-order chi connectivity index (χ1) is 12.7. The van der Waals surface area contributed by atoms with Crippen molar-refractivity contribution in [2.24, 2.45) is 0 Å². The lowest BCUT2D eigenvalue weighted by Gasteiger charge is -2.07. The Morgan fingerprint density at radius 3 is 2.65 bits per heavy atom. The third-order valence-electron chi connectivity index (χ3n) is 3.75. The lowest BCUT2D eigenvalue weighted by Crippen LogP contribution is -2.06. The number of pyridine rings is 1. The lowest BCUT2D eigenvalue weighted by atomic mass is 10.1. The summed E-state index contributed by atoms with van der Waals surface area (Å²) >= 11 is 0. The minimum Gasteiger partial charge on any atom is -0.502 e. The SMILES string of the molecule is CCOC(=O)C(O)=Cc1ccc(OCc2ccc3ccccc3c2)cn1. The highest BCUT2D eigenvalue weighted by Crippen LogP contribution is 2.18. The van der Waals surface area contributed by atoms with Crippen LogP contribution in [0.15, 0.2) is 66.6 Å². The topological polar surface area (TPSA) is 68.7 Å². The van der Waals surface area contributed by atoms with Gasteiger partial charge < -0.3 is 14.6 Å². The molecule has 132 valence electrons. The quantitative estimate of drug-likeness (QED) is 0.409. The number of fused-ring (bicyclic) bond motifs is 1. The molecule has 3 rings (SSSR count). The van der Waals surface area contributed by atoms with Gasteiger partial charge in [0, 0.05) is 6.08 Å². The van der Waals surface area contributed by atoms with Crippen molar-refractivity contribution in [1.82, 2.24) is 4.98 Å². The van der Waals surface area contributed by atoms with Crippen molar-refractivity contribution < 1.29 is 19.4 Å². The van der Waals surface area contributed by atoms with Crippen LogP contribution in [-0.2, 0) is 16.1 Å². The van der Waals surface area contributed by atoms with Crippen LogP contribution in [0, 0.1) is 0 Å². The van der Waals surface area contributed by atoms with Gasteiger partial charge in [-0.1, -0.05) is 36.4 Å². The van der Waals surface area contributed by atoms with Gasteiger partial charge in [-0.25, -0.2) is 4.79 Å². The summed E-state index contributed by atoms with van der Waals surface area (Å²) in [5.74, 6) is -0.652. The first-order valence-corrected chi connectivity index (χ1v) is 8.30. The minimum absolute atomic E-state index is 0.200. The maximum atomic E-state index is 11.4. The molecule has 0 aliphatic rings. The number of carbonyl (C=O) groups is 1. The Balaban J connectivity index is 1.63. The molecule has 0 aliphatic carbocycles. The number of aromatic nitrogens is 1. The van der Waals surface area contributed by atoms with Gasteiger partial charge in [0.1, 0.15) is 12.4 Å². The first-order valence-electron chi connectivity index (χ1n) is 8.30. The second-order valence-corrected chi connectivity index (χ2v) is 5.64. The number of ether oxygens (including phenoxy) is 2. The zero-order valence-corrected chi connectivity index (χ0v) is 14.4. The Hall–Kier alpha value is -3.34. The Kier molecular flexibility index (Phi) is 5.49. The van der Waals surface area contributed by atoms with E-state index < -0.39 is 11.7 Å². The first kappa shape index (κ1) is 17.5. The molecule has 5 nitrogen and oxygen atoms in total. The van der Waals surface area contributed by atoms with Crippen LogP contribution in [0.3, 0.4) is 0 Å². The summed E-state index contributed by atoms with van der Waals surface area (Å²) in [4.78, 5) is 15.5. The van der Waals surface area contributed by atoms with E-state index >= 15 is 0 Å². The molecule has 0 saturated heterocycles. The van der Waals surface area contributed by atoms with Gasteiger partial charge in [-0.2, -0.15) is 0 Å². The second-order valence-electron chi connectivity index (χ2n) is 5.64. The van der Waals surface area contributed by atoms with Gasteiger partial charge in [0.25, 0.3) is 0 Å². The molecule has 0 atom stereocenters. The van der Waals surface area contributed by atoms with Crippen LogP contribution in [0.1, 0.15) is 18.2 Å². The monoisotopic (exact) mass is 349 g/mol. The standard InChI is InChI=1S/C21H19NO4/c1-2-25-21(24)20(23)12-18-9-10-19(13-22-18)26-14-15-7-8-16-5-3-4-6-17(16)11-15/h3-13,23H,2,14H2,1H3. The summed E-state index contributed by atoms with van der Waals surface area (Å²) in [5, 5.41) is 12.0. The van der Waals surface area contributed by atoms with Crippen LogP contribution >= 0.6 is 0 Å². The number of esters is 1. The molecule has 0 radical (unpaired) electrons.